The Morgan fingerprint density at radius 2 is 2.00 bits per heavy atom. The van der Waals surface area contributed by atoms with Crippen molar-refractivity contribution in [1.29, 1.82) is 0 Å². The number of aliphatic imine (C=N–C) groups is 1. The highest BCUT2D eigenvalue weighted by Crippen LogP contribution is 2.34. The lowest BCUT2D eigenvalue weighted by Gasteiger charge is -2.10. The summed E-state index contributed by atoms with van der Waals surface area (Å²) in [6.07, 6.45) is 5.59. The summed E-state index contributed by atoms with van der Waals surface area (Å²) in [6, 6.07) is 5.44. The Kier molecular flexibility index (Phi) is 6.00. The summed E-state index contributed by atoms with van der Waals surface area (Å²) < 4.78 is 16.3. The molecule has 0 unspecified atom stereocenters. The third-order valence-electron chi connectivity index (χ3n) is 3.56. The predicted molar refractivity (Wildman–Crippen MR) is 98.0 cm³/mol. The second kappa shape index (κ2) is 8.41. The lowest BCUT2D eigenvalue weighted by molar-refractivity contribution is 0.348. The Morgan fingerprint density at radius 1 is 1.20 bits per heavy atom. The van der Waals surface area contributed by atoms with Crippen molar-refractivity contribution in [1.82, 2.24) is 5.16 Å². The fourth-order valence-corrected chi connectivity index (χ4v) is 3.00. The first-order valence-electron chi connectivity index (χ1n) is 8.00. The molecule has 0 saturated carbocycles. The molecule has 2 aromatic rings. The minimum Gasteiger partial charge on any atom is -0.486 e. The van der Waals surface area contributed by atoms with Gasteiger partial charge in [-0.1, -0.05) is 40.5 Å². The average Bonchev–Trinajstić information content (AvgIpc) is 3.24. The van der Waals surface area contributed by atoms with Crippen molar-refractivity contribution in [2.45, 2.75) is 19.8 Å². The van der Waals surface area contributed by atoms with E-state index >= 15 is 0 Å². The summed E-state index contributed by atoms with van der Waals surface area (Å²) in [5, 5.41) is 4.73. The average molecular weight is 381 g/mol. The van der Waals surface area contributed by atoms with E-state index in [2.05, 4.69) is 10.1 Å². The van der Waals surface area contributed by atoms with Crippen LogP contribution in [0.2, 0.25) is 10.0 Å². The highest BCUT2D eigenvalue weighted by atomic mass is 35.5. The van der Waals surface area contributed by atoms with Gasteiger partial charge in [0.25, 0.3) is 0 Å². The molecule has 132 valence electrons. The van der Waals surface area contributed by atoms with Gasteiger partial charge in [-0.3, -0.25) is 0 Å². The van der Waals surface area contributed by atoms with E-state index in [0.29, 0.717) is 41.5 Å². The number of aromatic nitrogens is 1. The zero-order chi connectivity index (χ0) is 17.6. The Balaban J connectivity index is 1.51. The van der Waals surface area contributed by atoms with Crippen molar-refractivity contribution in [3.05, 3.63) is 57.4 Å². The molecule has 1 aromatic carbocycles. The maximum atomic E-state index is 6.27. The number of nitrogens with zero attached hydrogens (tertiary/aromatic N) is 2. The van der Waals surface area contributed by atoms with E-state index in [9.17, 15) is 0 Å². The number of aryl methyl sites for hydroxylation is 2. The Hall–Kier alpha value is -1.98. The topological polar surface area (TPSA) is 56.9 Å². The fourth-order valence-electron chi connectivity index (χ4n) is 2.41. The molecule has 1 aliphatic rings. The maximum Gasteiger partial charge on any atom is 0.216 e. The number of benzene rings is 1. The summed E-state index contributed by atoms with van der Waals surface area (Å²) in [4.78, 5) is 4.25. The maximum absolute atomic E-state index is 6.27. The van der Waals surface area contributed by atoms with Crippen LogP contribution in [0.3, 0.4) is 0 Å². The Labute approximate surface area is 156 Å². The van der Waals surface area contributed by atoms with Crippen molar-refractivity contribution < 1.29 is 14.0 Å². The Morgan fingerprint density at radius 3 is 2.64 bits per heavy atom. The molecule has 0 fully saturated rings. The molecule has 0 spiro atoms. The minimum atomic E-state index is 0.381. The van der Waals surface area contributed by atoms with Crippen molar-refractivity contribution in [2.24, 2.45) is 4.99 Å². The van der Waals surface area contributed by atoms with E-state index in [0.717, 1.165) is 29.9 Å². The summed E-state index contributed by atoms with van der Waals surface area (Å²) >= 11 is 12.5. The van der Waals surface area contributed by atoms with Gasteiger partial charge in [0.2, 0.25) is 5.90 Å². The molecule has 0 amide bonds. The van der Waals surface area contributed by atoms with Gasteiger partial charge in [-0.2, -0.15) is 0 Å². The van der Waals surface area contributed by atoms with Crippen LogP contribution in [-0.4, -0.2) is 30.8 Å². The van der Waals surface area contributed by atoms with Gasteiger partial charge < -0.3 is 14.0 Å². The second-order valence-corrected chi connectivity index (χ2v) is 6.37. The molecule has 0 atom stereocenters. The van der Waals surface area contributed by atoms with Crippen LogP contribution in [0.4, 0.5) is 0 Å². The molecule has 0 aliphatic carbocycles. The molecule has 2 heterocycles. The van der Waals surface area contributed by atoms with Gasteiger partial charge in [-0.25, -0.2) is 4.99 Å². The first kappa shape index (κ1) is 17.8. The van der Waals surface area contributed by atoms with Gasteiger partial charge in [0.15, 0.2) is 5.75 Å². The first-order valence-corrected chi connectivity index (χ1v) is 8.76. The lowest BCUT2D eigenvalue weighted by atomic mass is 10.2. The van der Waals surface area contributed by atoms with Crippen LogP contribution in [-0.2, 0) is 11.2 Å². The highest BCUT2D eigenvalue weighted by molar-refractivity contribution is 6.37. The van der Waals surface area contributed by atoms with Gasteiger partial charge in [-0.05, 0) is 25.5 Å². The molecule has 0 bridgehead atoms. The predicted octanol–water partition coefficient (Wildman–Crippen LogP) is 4.63. The van der Waals surface area contributed by atoms with Crippen molar-refractivity contribution in [3.63, 3.8) is 0 Å². The van der Waals surface area contributed by atoms with Gasteiger partial charge in [-0.15, -0.1) is 0 Å². The summed E-state index contributed by atoms with van der Waals surface area (Å²) in [5.74, 6) is 1.90. The zero-order valence-corrected chi connectivity index (χ0v) is 15.3. The smallest absolute Gasteiger partial charge is 0.216 e. The van der Waals surface area contributed by atoms with Crippen LogP contribution in [0.1, 0.15) is 23.4 Å². The number of ether oxygens (including phenoxy) is 2. The lowest BCUT2D eigenvalue weighted by Crippen LogP contribution is -2.02. The normalized spacial score (nSPS) is 14.0. The van der Waals surface area contributed by atoms with Crippen LogP contribution in [0.25, 0.3) is 0 Å². The minimum absolute atomic E-state index is 0.381. The molecular formula is C18H18Cl2N2O3. The highest BCUT2D eigenvalue weighted by Gasteiger charge is 2.16. The SMILES string of the molecule is Cc1cc(CC/C=C/COc2c(Cl)cc(C3=NCCO3)cc2Cl)on1. The molecule has 0 N–H and O–H groups in total. The van der Waals surface area contributed by atoms with Gasteiger partial charge in [0.05, 0.1) is 22.3 Å². The standard InChI is InChI=1S/C18H18Cl2N2O3/c1-12-9-14(25-22-12)5-3-2-4-7-23-17-15(19)10-13(11-16(17)20)18-21-6-8-24-18/h2,4,9-11H,3,5-8H2,1H3/b4-2+. The van der Waals surface area contributed by atoms with Crippen LogP contribution in [0.15, 0.2) is 39.9 Å². The van der Waals surface area contributed by atoms with E-state index in [4.69, 9.17) is 37.2 Å². The van der Waals surface area contributed by atoms with E-state index in [1.54, 1.807) is 12.1 Å². The van der Waals surface area contributed by atoms with Crippen molar-refractivity contribution >= 4 is 29.1 Å². The van der Waals surface area contributed by atoms with Gasteiger partial charge in [0.1, 0.15) is 19.0 Å². The third kappa shape index (κ3) is 4.77. The summed E-state index contributed by atoms with van der Waals surface area (Å²) in [7, 11) is 0. The quantitative estimate of drug-likeness (QED) is 0.656. The number of hydrogen-bond donors (Lipinski definition) is 0. The molecule has 5 nitrogen and oxygen atoms in total. The molecule has 25 heavy (non-hydrogen) atoms. The number of hydrogen-bond acceptors (Lipinski definition) is 5. The van der Waals surface area contributed by atoms with Crippen molar-refractivity contribution in [2.75, 3.05) is 19.8 Å². The summed E-state index contributed by atoms with van der Waals surface area (Å²) in [5.41, 5.74) is 1.65. The molecule has 1 aromatic heterocycles. The van der Waals surface area contributed by atoms with Gasteiger partial charge in [0, 0.05) is 18.1 Å². The van der Waals surface area contributed by atoms with Gasteiger partial charge >= 0.3 is 0 Å². The van der Waals surface area contributed by atoms with E-state index in [1.165, 1.54) is 0 Å². The first-order chi connectivity index (χ1) is 12.1. The van der Waals surface area contributed by atoms with Crippen LogP contribution in [0.5, 0.6) is 5.75 Å². The number of rotatable bonds is 7. The number of halogens is 2. The molecule has 0 radical (unpaired) electrons. The summed E-state index contributed by atoms with van der Waals surface area (Å²) in [6.45, 7) is 3.52. The van der Waals surface area contributed by atoms with E-state index in [1.807, 2.05) is 25.1 Å². The molecule has 0 saturated heterocycles. The molecular weight excluding hydrogens is 363 g/mol. The van der Waals surface area contributed by atoms with Crippen LogP contribution >= 0.6 is 23.2 Å². The number of allylic oxidation sites excluding steroid dienone is 1. The third-order valence-corrected chi connectivity index (χ3v) is 4.12. The monoisotopic (exact) mass is 380 g/mol. The molecule has 7 heteroatoms. The second-order valence-electron chi connectivity index (χ2n) is 5.56. The van der Waals surface area contributed by atoms with E-state index < -0.39 is 0 Å². The zero-order valence-electron chi connectivity index (χ0n) is 13.8. The molecule has 3 rings (SSSR count). The fraction of sp³-hybridized carbons (Fsp3) is 0.333. The van der Waals surface area contributed by atoms with Crippen LogP contribution < -0.4 is 4.74 Å². The Bertz CT molecular complexity index is 776. The molecule has 1 aliphatic heterocycles. The largest absolute Gasteiger partial charge is 0.486 e. The van der Waals surface area contributed by atoms with Crippen molar-refractivity contribution in [3.8, 4) is 5.75 Å². The van der Waals surface area contributed by atoms with Crippen LogP contribution in [0, 0.1) is 6.92 Å². The van der Waals surface area contributed by atoms with E-state index in [-0.39, 0.29) is 0 Å².